The minimum atomic E-state index is -0.619. The molecular weight excluding hydrogens is 273 g/mol. The molecule has 0 unspecified atom stereocenters. The molecule has 0 aliphatic rings. The van der Waals surface area contributed by atoms with Crippen molar-refractivity contribution in [3.05, 3.63) is 90.5 Å². The molecule has 0 radical (unpaired) electrons. The molecule has 0 aliphatic heterocycles. The molecule has 0 heterocycles. The first-order valence-electron chi connectivity index (χ1n) is 6.79. The molecule has 3 aromatic rings. The van der Waals surface area contributed by atoms with Gasteiger partial charge in [-0.3, -0.25) is 0 Å². The highest BCUT2D eigenvalue weighted by molar-refractivity contribution is 7.79. The van der Waals surface area contributed by atoms with Crippen molar-refractivity contribution >= 4 is 23.8 Å². The van der Waals surface area contributed by atoms with E-state index in [1.165, 1.54) is 15.9 Å². The molecule has 0 amide bonds. The topological polar surface area (TPSA) is 23.8 Å². The van der Waals surface area contributed by atoms with E-state index in [2.05, 4.69) is 60.7 Å². The fourth-order valence-corrected chi connectivity index (χ4v) is 4.65. The van der Waals surface area contributed by atoms with Crippen LogP contribution in [0.4, 0.5) is 0 Å². The van der Waals surface area contributed by atoms with Crippen molar-refractivity contribution in [3.8, 4) is 6.07 Å². The summed E-state index contributed by atoms with van der Waals surface area (Å²) in [5.74, 6) is 0. The highest BCUT2D eigenvalue weighted by Gasteiger charge is 2.16. The smallest absolute Gasteiger partial charge is 0.0991 e. The Kier molecular flexibility index (Phi) is 4.10. The van der Waals surface area contributed by atoms with Crippen LogP contribution in [-0.4, -0.2) is 0 Å². The monoisotopic (exact) mass is 287 g/mol. The van der Waals surface area contributed by atoms with Crippen LogP contribution in [-0.2, 0) is 0 Å². The van der Waals surface area contributed by atoms with Crippen molar-refractivity contribution in [2.45, 2.75) is 0 Å². The lowest BCUT2D eigenvalue weighted by Crippen LogP contribution is -2.20. The SMILES string of the molecule is N#Cc1cccc(P(c2ccccc2)c2ccccc2)c1. The molecule has 0 atom stereocenters. The summed E-state index contributed by atoms with van der Waals surface area (Å²) in [6.45, 7) is 0. The lowest BCUT2D eigenvalue weighted by molar-refractivity contribution is 1.49. The molecule has 0 saturated carbocycles. The first-order valence-corrected chi connectivity index (χ1v) is 8.13. The van der Waals surface area contributed by atoms with Crippen molar-refractivity contribution in [1.29, 1.82) is 5.26 Å². The fraction of sp³-hybridized carbons (Fsp3) is 0. The Morgan fingerprint density at radius 2 is 1.14 bits per heavy atom. The van der Waals surface area contributed by atoms with Crippen molar-refractivity contribution in [2.24, 2.45) is 0 Å². The van der Waals surface area contributed by atoms with Gasteiger partial charge in [0.25, 0.3) is 0 Å². The molecule has 1 nitrogen and oxygen atoms in total. The third-order valence-electron chi connectivity index (χ3n) is 3.26. The molecule has 0 aromatic heterocycles. The second-order valence-electron chi connectivity index (χ2n) is 4.67. The maximum atomic E-state index is 9.14. The number of nitrogens with zero attached hydrogens (tertiary/aromatic N) is 1. The maximum absolute atomic E-state index is 9.14. The lowest BCUT2D eigenvalue weighted by atomic mass is 10.2. The summed E-state index contributed by atoms with van der Waals surface area (Å²) in [6.07, 6.45) is 0. The zero-order valence-corrected chi connectivity index (χ0v) is 12.4. The van der Waals surface area contributed by atoms with Gasteiger partial charge in [0.1, 0.15) is 0 Å². The van der Waals surface area contributed by atoms with E-state index in [0.717, 1.165) is 0 Å². The minimum Gasteiger partial charge on any atom is -0.192 e. The Balaban J connectivity index is 2.15. The molecule has 21 heavy (non-hydrogen) atoms. The zero-order chi connectivity index (χ0) is 14.5. The molecular formula is C19H14NP. The van der Waals surface area contributed by atoms with Crippen LogP contribution in [0, 0.1) is 11.3 Å². The van der Waals surface area contributed by atoms with Gasteiger partial charge >= 0.3 is 0 Å². The predicted octanol–water partition coefficient (Wildman–Crippen LogP) is 3.32. The van der Waals surface area contributed by atoms with Crippen LogP contribution < -0.4 is 15.9 Å². The standard InChI is InChI=1S/C19H14NP/c20-15-16-8-7-13-19(14-16)21(17-9-3-1-4-10-17)18-11-5-2-6-12-18/h1-14H. The van der Waals surface area contributed by atoms with E-state index >= 15 is 0 Å². The molecule has 0 fully saturated rings. The van der Waals surface area contributed by atoms with Crippen LogP contribution in [0.1, 0.15) is 5.56 Å². The summed E-state index contributed by atoms with van der Waals surface area (Å²) in [6, 6.07) is 31.2. The molecule has 0 saturated heterocycles. The number of nitriles is 1. The molecule has 0 spiro atoms. The van der Waals surface area contributed by atoms with Gasteiger partial charge in [0, 0.05) is 0 Å². The summed E-state index contributed by atoms with van der Waals surface area (Å²) in [4.78, 5) is 0. The molecule has 2 heteroatoms. The van der Waals surface area contributed by atoms with Gasteiger partial charge in [0.2, 0.25) is 0 Å². The van der Waals surface area contributed by atoms with Gasteiger partial charge in [0.15, 0.2) is 0 Å². The van der Waals surface area contributed by atoms with Crippen LogP contribution in [0.3, 0.4) is 0 Å². The summed E-state index contributed by atoms with van der Waals surface area (Å²) < 4.78 is 0. The summed E-state index contributed by atoms with van der Waals surface area (Å²) in [7, 11) is -0.619. The highest BCUT2D eigenvalue weighted by atomic mass is 31.1. The quantitative estimate of drug-likeness (QED) is 0.678. The molecule has 0 N–H and O–H groups in total. The molecule has 3 aromatic carbocycles. The van der Waals surface area contributed by atoms with Crippen LogP contribution >= 0.6 is 7.92 Å². The fourth-order valence-electron chi connectivity index (χ4n) is 2.32. The van der Waals surface area contributed by atoms with Gasteiger partial charge in [-0.05, 0) is 36.0 Å². The summed E-state index contributed by atoms with van der Waals surface area (Å²) in [5.41, 5.74) is 0.715. The van der Waals surface area contributed by atoms with Gasteiger partial charge in [-0.25, -0.2) is 0 Å². The van der Waals surface area contributed by atoms with Gasteiger partial charge < -0.3 is 0 Å². The van der Waals surface area contributed by atoms with Crippen molar-refractivity contribution in [3.63, 3.8) is 0 Å². The van der Waals surface area contributed by atoms with Crippen LogP contribution in [0.15, 0.2) is 84.9 Å². The Labute approximate surface area is 126 Å². The second kappa shape index (κ2) is 6.35. The summed E-state index contributed by atoms with van der Waals surface area (Å²) >= 11 is 0. The number of rotatable bonds is 3. The van der Waals surface area contributed by atoms with Crippen molar-refractivity contribution in [2.75, 3.05) is 0 Å². The predicted molar refractivity (Wildman–Crippen MR) is 89.9 cm³/mol. The van der Waals surface area contributed by atoms with Gasteiger partial charge in [-0.1, -0.05) is 72.8 Å². The largest absolute Gasteiger partial charge is 0.192 e. The van der Waals surface area contributed by atoms with E-state index in [-0.39, 0.29) is 0 Å². The Morgan fingerprint density at radius 1 is 0.619 bits per heavy atom. The van der Waals surface area contributed by atoms with E-state index in [4.69, 9.17) is 5.26 Å². The third-order valence-corrected chi connectivity index (χ3v) is 5.69. The van der Waals surface area contributed by atoms with Gasteiger partial charge in [-0.2, -0.15) is 5.26 Å². The first kappa shape index (κ1) is 13.6. The Hall–Kier alpha value is -2.42. The van der Waals surface area contributed by atoms with E-state index < -0.39 is 7.92 Å². The van der Waals surface area contributed by atoms with Gasteiger partial charge in [-0.15, -0.1) is 0 Å². The van der Waals surface area contributed by atoms with Gasteiger partial charge in [0.05, 0.1) is 11.6 Å². The second-order valence-corrected chi connectivity index (χ2v) is 6.89. The average Bonchev–Trinajstić information content (AvgIpc) is 2.57. The van der Waals surface area contributed by atoms with Crippen LogP contribution in [0.5, 0.6) is 0 Å². The lowest BCUT2D eigenvalue weighted by Gasteiger charge is -2.19. The normalized spacial score (nSPS) is 10.3. The Morgan fingerprint density at radius 3 is 1.67 bits per heavy atom. The zero-order valence-electron chi connectivity index (χ0n) is 11.5. The van der Waals surface area contributed by atoms with E-state index in [0.29, 0.717) is 5.56 Å². The number of hydrogen-bond acceptors (Lipinski definition) is 1. The average molecular weight is 287 g/mol. The number of benzene rings is 3. The highest BCUT2D eigenvalue weighted by Crippen LogP contribution is 2.32. The van der Waals surface area contributed by atoms with Crippen molar-refractivity contribution < 1.29 is 0 Å². The van der Waals surface area contributed by atoms with Crippen LogP contribution in [0.2, 0.25) is 0 Å². The maximum Gasteiger partial charge on any atom is 0.0991 e. The molecule has 3 rings (SSSR count). The molecule has 100 valence electrons. The molecule has 0 aliphatic carbocycles. The first-order chi connectivity index (χ1) is 10.4. The van der Waals surface area contributed by atoms with Crippen LogP contribution in [0.25, 0.3) is 0 Å². The van der Waals surface area contributed by atoms with Crippen molar-refractivity contribution in [1.82, 2.24) is 0 Å². The minimum absolute atomic E-state index is 0.619. The number of hydrogen-bond donors (Lipinski definition) is 0. The Bertz CT molecular complexity index is 721. The molecule has 0 bridgehead atoms. The summed E-state index contributed by atoms with van der Waals surface area (Å²) in [5, 5.41) is 13.0. The third kappa shape index (κ3) is 3.02. The van der Waals surface area contributed by atoms with E-state index in [1.54, 1.807) is 0 Å². The van der Waals surface area contributed by atoms with E-state index in [1.807, 2.05) is 30.3 Å². The van der Waals surface area contributed by atoms with E-state index in [9.17, 15) is 0 Å².